The molecule has 5 heteroatoms. The Bertz CT molecular complexity index is 769. The van der Waals surface area contributed by atoms with Crippen LogP contribution in [0.1, 0.15) is 10.4 Å². The molecule has 2 heterocycles. The average Bonchev–Trinajstić information content (AvgIpc) is 2.48. The third kappa shape index (κ3) is 2.42. The van der Waals surface area contributed by atoms with Gasteiger partial charge in [-0.15, -0.1) is 0 Å². The van der Waals surface area contributed by atoms with E-state index < -0.39 is 5.97 Å². The molecule has 20 heavy (non-hydrogen) atoms. The van der Waals surface area contributed by atoms with Crippen molar-refractivity contribution in [3.05, 3.63) is 60.4 Å². The first-order valence-electron chi connectivity index (χ1n) is 6.03. The van der Waals surface area contributed by atoms with E-state index in [1.165, 1.54) is 12.3 Å². The van der Waals surface area contributed by atoms with E-state index >= 15 is 0 Å². The van der Waals surface area contributed by atoms with Gasteiger partial charge >= 0.3 is 5.97 Å². The summed E-state index contributed by atoms with van der Waals surface area (Å²) < 4.78 is 0. The van der Waals surface area contributed by atoms with Crippen molar-refractivity contribution in [3.8, 4) is 0 Å². The molecule has 1 aromatic carbocycles. The molecule has 0 radical (unpaired) electrons. The van der Waals surface area contributed by atoms with Crippen molar-refractivity contribution in [1.29, 1.82) is 0 Å². The molecule has 0 aliphatic heterocycles. The molecular weight excluding hydrogens is 254 g/mol. The second-order valence-corrected chi connectivity index (χ2v) is 4.27. The number of carboxylic acids is 1. The number of aromatic nitrogens is 2. The van der Waals surface area contributed by atoms with Gasteiger partial charge in [-0.3, -0.25) is 4.98 Å². The minimum atomic E-state index is -0.985. The van der Waals surface area contributed by atoms with E-state index in [-0.39, 0.29) is 5.56 Å². The van der Waals surface area contributed by atoms with Crippen LogP contribution in [0.4, 0.5) is 11.5 Å². The van der Waals surface area contributed by atoms with Gasteiger partial charge in [-0.05, 0) is 36.4 Å². The van der Waals surface area contributed by atoms with Gasteiger partial charge in [-0.2, -0.15) is 0 Å². The first-order valence-corrected chi connectivity index (χ1v) is 6.03. The Morgan fingerprint density at radius 3 is 2.75 bits per heavy atom. The van der Waals surface area contributed by atoms with Crippen LogP contribution in [0.25, 0.3) is 10.9 Å². The van der Waals surface area contributed by atoms with E-state index in [0.29, 0.717) is 5.82 Å². The number of fused-ring (bicyclic) bond motifs is 1. The number of nitrogens with zero attached hydrogens (tertiary/aromatic N) is 2. The maximum Gasteiger partial charge on any atom is 0.337 e. The Hall–Kier alpha value is -2.95. The summed E-state index contributed by atoms with van der Waals surface area (Å²) in [5, 5.41) is 13.0. The quantitative estimate of drug-likeness (QED) is 0.761. The highest BCUT2D eigenvalue weighted by atomic mass is 16.4. The Balaban J connectivity index is 1.87. The molecule has 2 aromatic heterocycles. The molecule has 0 atom stereocenters. The second kappa shape index (κ2) is 4.97. The van der Waals surface area contributed by atoms with Crippen LogP contribution in [0, 0.1) is 0 Å². The summed E-state index contributed by atoms with van der Waals surface area (Å²) in [4.78, 5) is 19.1. The van der Waals surface area contributed by atoms with Crippen molar-refractivity contribution < 1.29 is 9.90 Å². The van der Waals surface area contributed by atoms with Crippen LogP contribution in [0.2, 0.25) is 0 Å². The predicted molar refractivity (Wildman–Crippen MR) is 76.2 cm³/mol. The molecule has 0 aliphatic rings. The number of nitrogens with one attached hydrogen (secondary N) is 1. The van der Waals surface area contributed by atoms with Crippen LogP contribution in [0.3, 0.4) is 0 Å². The van der Waals surface area contributed by atoms with Gasteiger partial charge in [0.1, 0.15) is 5.82 Å². The zero-order valence-electron chi connectivity index (χ0n) is 10.4. The van der Waals surface area contributed by atoms with Gasteiger partial charge in [0.15, 0.2) is 0 Å². The standard InChI is InChI=1S/C15H11N3O2/c19-15(20)11-3-6-14(17-9-11)18-12-4-5-13-10(8-12)2-1-7-16-13/h1-9H,(H,17,18)(H,19,20). The van der Waals surface area contributed by atoms with Crippen molar-refractivity contribution in [3.63, 3.8) is 0 Å². The number of carbonyl (C=O) groups is 1. The fraction of sp³-hybridized carbons (Fsp3) is 0. The van der Waals surface area contributed by atoms with E-state index in [1.807, 2.05) is 30.3 Å². The number of aromatic carboxylic acids is 1. The monoisotopic (exact) mass is 265 g/mol. The molecule has 98 valence electrons. The maximum atomic E-state index is 10.7. The molecule has 0 spiro atoms. The molecule has 3 rings (SSSR count). The molecule has 5 nitrogen and oxygen atoms in total. The van der Waals surface area contributed by atoms with Gasteiger partial charge < -0.3 is 10.4 Å². The van der Waals surface area contributed by atoms with Crippen molar-refractivity contribution in [1.82, 2.24) is 9.97 Å². The minimum Gasteiger partial charge on any atom is -0.478 e. The SMILES string of the molecule is O=C(O)c1ccc(Nc2ccc3ncccc3c2)nc1. The maximum absolute atomic E-state index is 10.7. The molecule has 0 saturated heterocycles. The Morgan fingerprint density at radius 1 is 1.10 bits per heavy atom. The summed E-state index contributed by atoms with van der Waals surface area (Å²) >= 11 is 0. The number of rotatable bonds is 3. The van der Waals surface area contributed by atoms with E-state index in [0.717, 1.165) is 16.6 Å². The van der Waals surface area contributed by atoms with Crippen molar-refractivity contribution in [2.45, 2.75) is 0 Å². The largest absolute Gasteiger partial charge is 0.478 e. The van der Waals surface area contributed by atoms with E-state index in [4.69, 9.17) is 5.11 Å². The molecule has 0 aliphatic carbocycles. The number of carboxylic acid groups (broad SMARTS) is 1. The third-order valence-electron chi connectivity index (χ3n) is 2.89. The molecule has 3 aromatic rings. The number of anilines is 2. The predicted octanol–water partition coefficient (Wildman–Crippen LogP) is 3.07. The Morgan fingerprint density at radius 2 is 2.00 bits per heavy atom. The summed E-state index contributed by atoms with van der Waals surface area (Å²) in [6.45, 7) is 0. The zero-order chi connectivity index (χ0) is 13.9. The second-order valence-electron chi connectivity index (χ2n) is 4.27. The fourth-order valence-corrected chi connectivity index (χ4v) is 1.90. The summed E-state index contributed by atoms with van der Waals surface area (Å²) in [7, 11) is 0. The van der Waals surface area contributed by atoms with Crippen LogP contribution in [0.15, 0.2) is 54.9 Å². The van der Waals surface area contributed by atoms with E-state index in [2.05, 4.69) is 15.3 Å². The molecular formula is C15H11N3O2. The molecule has 0 fully saturated rings. The van der Waals surface area contributed by atoms with E-state index in [9.17, 15) is 4.79 Å². The highest BCUT2D eigenvalue weighted by Crippen LogP contribution is 2.20. The molecule has 0 saturated carbocycles. The van der Waals surface area contributed by atoms with Crippen molar-refractivity contribution in [2.75, 3.05) is 5.32 Å². The van der Waals surface area contributed by atoms with Crippen molar-refractivity contribution in [2.24, 2.45) is 0 Å². The topological polar surface area (TPSA) is 75.1 Å². The highest BCUT2D eigenvalue weighted by Gasteiger charge is 2.03. The van der Waals surface area contributed by atoms with Crippen LogP contribution in [-0.4, -0.2) is 21.0 Å². The summed E-state index contributed by atoms with van der Waals surface area (Å²) in [6, 6.07) is 12.8. The number of pyridine rings is 2. The van der Waals surface area contributed by atoms with Gasteiger partial charge in [-0.25, -0.2) is 9.78 Å². The van der Waals surface area contributed by atoms with Crippen molar-refractivity contribution >= 4 is 28.4 Å². The van der Waals surface area contributed by atoms with Crippen LogP contribution in [-0.2, 0) is 0 Å². The molecule has 2 N–H and O–H groups in total. The van der Waals surface area contributed by atoms with Gasteiger partial charge in [0, 0.05) is 23.5 Å². The lowest BCUT2D eigenvalue weighted by atomic mass is 10.2. The average molecular weight is 265 g/mol. The lowest BCUT2D eigenvalue weighted by Crippen LogP contribution is -1.99. The summed E-state index contributed by atoms with van der Waals surface area (Å²) in [5.41, 5.74) is 1.96. The normalized spacial score (nSPS) is 10.4. The molecule has 0 bridgehead atoms. The Kier molecular flexibility index (Phi) is 3.01. The molecule has 0 amide bonds. The smallest absolute Gasteiger partial charge is 0.337 e. The van der Waals surface area contributed by atoms with Gasteiger partial charge in [0.25, 0.3) is 0 Å². The third-order valence-corrected chi connectivity index (χ3v) is 2.89. The summed E-state index contributed by atoms with van der Waals surface area (Å²) in [6.07, 6.45) is 3.08. The van der Waals surface area contributed by atoms with Gasteiger partial charge in [0.05, 0.1) is 11.1 Å². The summed E-state index contributed by atoms with van der Waals surface area (Å²) in [5.74, 6) is -0.390. The fourth-order valence-electron chi connectivity index (χ4n) is 1.90. The van der Waals surface area contributed by atoms with Crippen LogP contribution < -0.4 is 5.32 Å². The molecule has 0 unspecified atom stereocenters. The number of benzene rings is 1. The Labute approximate surface area is 114 Å². The van der Waals surface area contributed by atoms with Crippen LogP contribution in [0.5, 0.6) is 0 Å². The zero-order valence-corrected chi connectivity index (χ0v) is 10.4. The van der Waals surface area contributed by atoms with Crippen LogP contribution >= 0.6 is 0 Å². The first-order chi connectivity index (χ1) is 9.72. The number of hydrogen-bond donors (Lipinski definition) is 2. The number of hydrogen-bond acceptors (Lipinski definition) is 4. The lowest BCUT2D eigenvalue weighted by Gasteiger charge is -2.06. The minimum absolute atomic E-state index is 0.165. The lowest BCUT2D eigenvalue weighted by molar-refractivity contribution is 0.0696. The van der Waals surface area contributed by atoms with E-state index in [1.54, 1.807) is 12.3 Å². The van der Waals surface area contributed by atoms with Gasteiger partial charge in [-0.1, -0.05) is 6.07 Å². The highest BCUT2D eigenvalue weighted by molar-refractivity contribution is 5.87. The first kappa shape index (κ1) is 12.1. The van der Waals surface area contributed by atoms with Gasteiger partial charge in [0.2, 0.25) is 0 Å².